The molecule has 0 saturated heterocycles. The maximum Gasteiger partial charge on any atom is 0.248 e. The predicted molar refractivity (Wildman–Crippen MR) is 90.6 cm³/mol. The fourth-order valence-corrected chi connectivity index (χ4v) is 3.79. The topological polar surface area (TPSA) is 102 Å². The average Bonchev–Trinajstić information content (AvgIpc) is 2.92. The molecular weight excluding hydrogens is 346 g/mol. The maximum absolute atomic E-state index is 12.6. The van der Waals surface area contributed by atoms with Crippen LogP contribution in [0.4, 0.5) is 0 Å². The van der Waals surface area contributed by atoms with E-state index in [0.717, 1.165) is 9.87 Å². The van der Waals surface area contributed by atoms with Crippen molar-refractivity contribution in [2.75, 3.05) is 20.7 Å². The van der Waals surface area contributed by atoms with E-state index in [-0.39, 0.29) is 29.4 Å². The quantitative estimate of drug-likeness (QED) is 0.790. The van der Waals surface area contributed by atoms with Gasteiger partial charge in [0.25, 0.3) is 0 Å². The number of methoxy groups -OCH3 is 1. The molecule has 0 aliphatic carbocycles. The molecule has 0 spiro atoms. The van der Waals surface area contributed by atoms with Crippen molar-refractivity contribution in [1.29, 1.82) is 0 Å². The van der Waals surface area contributed by atoms with E-state index in [0.29, 0.717) is 5.75 Å². The van der Waals surface area contributed by atoms with Crippen LogP contribution in [0.15, 0.2) is 33.7 Å². The van der Waals surface area contributed by atoms with Gasteiger partial charge >= 0.3 is 0 Å². The lowest BCUT2D eigenvalue weighted by Gasteiger charge is -2.17. The number of para-hydroxylation sites is 1. The van der Waals surface area contributed by atoms with Gasteiger partial charge in [-0.05, 0) is 19.9 Å². The standard InChI is InChI=1S/C16H21N3O5S/c1-11-16(12(2)24-18-11)25(21,22)19(3)10-15(20)17-9-13-7-5-6-8-14(13)23-4/h5-8H,9-10H2,1-4H3,(H,17,20). The van der Waals surface area contributed by atoms with Crippen LogP contribution in [0.25, 0.3) is 0 Å². The zero-order chi connectivity index (χ0) is 18.6. The number of carbonyl (C=O) groups excluding carboxylic acids is 1. The summed E-state index contributed by atoms with van der Waals surface area (Å²) in [6.45, 7) is 2.98. The molecule has 1 aromatic heterocycles. The minimum Gasteiger partial charge on any atom is -0.496 e. The van der Waals surface area contributed by atoms with Crippen LogP contribution in [0, 0.1) is 13.8 Å². The van der Waals surface area contributed by atoms with Crippen LogP contribution in [0.2, 0.25) is 0 Å². The van der Waals surface area contributed by atoms with Crippen LogP contribution < -0.4 is 10.1 Å². The van der Waals surface area contributed by atoms with Crippen molar-refractivity contribution in [3.63, 3.8) is 0 Å². The Morgan fingerprint density at radius 1 is 1.32 bits per heavy atom. The molecule has 0 fully saturated rings. The van der Waals surface area contributed by atoms with Gasteiger partial charge < -0.3 is 14.6 Å². The number of hydrogen-bond donors (Lipinski definition) is 1. The Bertz CT molecular complexity index is 841. The highest BCUT2D eigenvalue weighted by Gasteiger charge is 2.29. The zero-order valence-electron chi connectivity index (χ0n) is 14.6. The van der Waals surface area contributed by atoms with Crippen molar-refractivity contribution in [3.05, 3.63) is 41.3 Å². The number of hydrogen-bond acceptors (Lipinski definition) is 6. The fourth-order valence-electron chi connectivity index (χ4n) is 2.38. The molecule has 0 radical (unpaired) electrons. The van der Waals surface area contributed by atoms with Crippen molar-refractivity contribution in [3.8, 4) is 5.75 Å². The van der Waals surface area contributed by atoms with E-state index in [1.165, 1.54) is 14.0 Å². The molecule has 0 saturated carbocycles. The van der Waals surface area contributed by atoms with Crippen molar-refractivity contribution < 1.29 is 22.5 Å². The minimum atomic E-state index is -3.86. The summed E-state index contributed by atoms with van der Waals surface area (Å²) in [7, 11) is -0.973. The van der Waals surface area contributed by atoms with E-state index < -0.39 is 15.9 Å². The minimum absolute atomic E-state index is 0.00692. The van der Waals surface area contributed by atoms with Gasteiger partial charge in [-0.15, -0.1) is 0 Å². The second kappa shape index (κ2) is 7.66. The normalized spacial score (nSPS) is 11.6. The molecule has 0 bridgehead atoms. The number of ether oxygens (including phenoxy) is 1. The second-order valence-corrected chi connectivity index (χ2v) is 7.48. The lowest BCUT2D eigenvalue weighted by atomic mass is 10.2. The molecule has 0 aliphatic heterocycles. The van der Waals surface area contributed by atoms with Crippen molar-refractivity contribution in [1.82, 2.24) is 14.8 Å². The number of nitrogens with zero attached hydrogens (tertiary/aromatic N) is 2. The summed E-state index contributed by atoms with van der Waals surface area (Å²) < 4.78 is 36.2. The first-order valence-corrected chi connectivity index (χ1v) is 8.99. The van der Waals surface area contributed by atoms with Crippen molar-refractivity contribution in [2.24, 2.45) is 0 Å². The SMILES string of the molecule is COc1ccccc1CNC(=O)CN(C)S(=O)(=O)c1c(C)noc1C. The lowest BCUT2D eigenvalue weighted by molar-refractivity contribution is -0.121. The number of rotatable bonds is 7. The first-order valence-electron chi connectivity index (χ1n) is 7.55. The number of nitrogens with one attached hydrogen (secondary N) is 1. The van der Waals surface area contributed by atoms with Crippen LogP contribution in [-0.2, 0) is 21.4 Å². The Kier molecular flexibility index (Phi) is 5.81. The molecule has 1 amide bonds. The Morgan fingerprint density at radius 3 is 2.60 bits per heavy atom. The first-order chi connectivity index (χ1) is 11.8. The monoisotopic (exact) mass is 367 g/mol. The number of aryl methyl sites for hydroxylation is 2. The Morgan fingerprint density at radius 2 is 2.00 bits per heavy atom. The summed E-state index contributed by atoms with van der Waals surface area (Å²) in [5, 5.41) is 6.33. The first kappa shape index (κ1) is 18.9. The fraction of sp³-hybridized carbons (Fsp3) is 0.375. The van der Waals surface area contributed by atoms with Gasteiger partial charge in [0.15, 0.2) is 5.76 Å². The molecule has 0 unspecified atom stereocenters. The summed E-state index contributed by atoms with van der Waals surface area (Å²) in [6.07, 6.45) is 0. The summed E-state index contributed by atoms with van der Waals surface area (Å²) in [6, 6.07) is 7.27. The summed E-state index contributed by atoms with van der Waals surface area (Å²) in [4.78, 5) is 12.1. The van der Waals surface area contributed by atoms with Crippen LogP contribution in [0.3, 0.4) is 0 Å². The van der Waals surface area contributed by atoms with E-state index in [1.807, 2.05) is 18.2 Å². The van der Waals surface area contributed by atoms with E-state index in [2.05, 4.69) is 10.5 Å². The lowest BCUT2D eigenvalue weighted by Crippen LogP contribution is -2.38. The van der Waals surface area contributed by atoms with Crippen LogP contribution in [-0.4, -0.2) is 44.5 Å². The van der Waals surface area contributed by atoms with Crippen LogP contribution in [0.1, 0.15) is 17.0 Å². The largest absolute Gasteiger partial charge is 0.496 e. The van der Waals surface area contributed by atoms with Gasteiger partial charge in [0, 0.05) is 19.2 Å². The number of amides is 1. The van der Waals surface area contributed by atoms with E-state index in [4.69, 9.17) is 9.26 Å². The smallest absolute Gasteiger partial charge is 0.248 e. The predicted octanol–water partition coefficient (Wildman–Crippen LogP) is 1.24. The van der Waals surface area contributed by atoms with E-state index in [1.54, 1.807) is 20.1 Å². The van der Waals surface area contributed by atoms with Crippen LogP contribution in [0.5, 0.6) is 5.75 Å². The number of likely N-dealkylation sites (N-methyl/N-ethyl adjacent to an activating group) is 1. The highest BCUT2D eigenvalue weighted by Crippen LogP contribution is 2.22. The van der Waals surface area contributed by atoms with Gasteiger partial charge in [0.05, 0.1) is 13.7 Å². The van der Waals surface area contributed by atoms with Gasteiger partial charge in [-0.25, -0.2) is 8.42 Å². The van der Waals surface area contributed by atoms with Gasteiger partial charge in [0.2, 0.25) is 15.9 Å². The van der Waals surface area contributed by atoms with Crippen LogP contribution >= 0.6 is 0 Å². The van der Waals surface area contributed by atoms with Crippen molar-refractivity contribution in [2.45, 2.75) is 25.3 Å². The molecule has 1 aromatic carbocycles. The molecular formula is C16H21N3O5S. The van der Waals surface area contributed by atoms with Gasteiger partial charge in [-0.3, -0.25) is 4.79 Å². The molecule has 0 atom stereocenters. The molecule has 136 valence electrons. The molecule has 9 heteroatoms. The summed E-state index contributed by atoms with van der Waals surface area (Å²) in [5.41, 5.74) is 1.06. The van der Waals surface area contributed by atoms with E-state index >= 15 is 0 Å². The van der Waals surface area contributed by atoms with E-state index in [9.17, 15) is 13.2 Å². The molecule has 8 nitrogen and oxygen atoms in total. The van der Waals surface area contributed by atoms with Gasteiger partial charge in [-0.2, -0.15) is 4.31 Å². The summed E-state index contributed by atoms with van der Waals surface area (Å²) >= 11 is 0. The van der Waals surface area contributed by atoms with Gasteiger partial charge in [-0.1, -0.05) is 23.4 Å². The molecule has 0 aliphatic rings. The Labute approximate surface area is 146 Å². The highest BCUT2D eigenvalue weighted by atomic mass is 32.2. The zero-order valence-corrected chi connectivity index (χ0v) is 15.4. The molecule has 1 heterocycles. The number of carbonyl (C=O) groups is 1. The highest BCUT2D eigenvalue weighted by molar-refractivity contribution is 7.89. The van der Waals surface area contributed by atoms with Gasteiger partial charge in [0.1, 0.15) is 16.3 Å². The third kappa shape index (κ3) is 4.18. The Hall–Kier alpha value is -2.39. The number of benzene rings is 1. The third-order valence-corrected chi connectivity index (χ3v) is 5.72. The Balaban J connectivity index is 2.03. The van der Waals surface area contributed by atoms with Crippen molar-refractivity contribution >= 4 is 15.9 Å². The average molecular weight is 367 g/mol. The molecule has 1 N–H and O–H groups in total. The summed E-state index contributed by atoms with van der Waals surface area (Å²) in [5.74, 6) is 0.419. The maximum atomic E-state index is 12.6. The number of aromatic nitrogens is 1. The number of sulfonamides is 1. The molecule has 2 aromatic rings. The third-order valence-electron chi connectivity index (χ3n) is 3.67. The second-order valence-electron chi connectivity index (χ2n) is 5.50. The molecule has 25 heavy (non-hydrogen) atoms. The molecule has 2 rings (SSSR count).